The number of nitrogens with zero attached hydrogens (tertiary/aromatic N) is 1. The molecule has 0 spiro atoms. The molecule has 0 aliphatic carbocycles. The first kappa shape index (κ1) is 11.6. The summed E-state index contributed by atoms with van der Waals surface area (Å²) in [7, 11) is 0. The van der Waals surface area contributed by atoms with Gasteiger partial charge in [0.25, 0.3) is 5.91 Å². The molecule has 84 valence electrons. The Morgan fingerprint density at radius 1 is 1.41 bits per heavy atom. The van der Waals surface area contributed by atoms with Gasteiger partial charge in [0.1, 0.15) is 0 Å². The smallest absolute Gasteiger partial charge is 0.256 e. The number of rotatable bonds is 2. The average Bonchev–Trinajstić information content (AvgIpc) is 2.85. The third kappa shape index (κ3) is 2.64. The van der Waals surface area contributed by atoms with E-state index in [9.17, 15) is 4.79 Å². The Bertz CT molecular complexity index is 587. The SMILES string of the molecule is N#Cc1ccc(Cl)c(NC(=O)c2ccsc2)c1. The van der Waals surface area contributed by atoms with Crippen molar-refractivity contribution in [2.45, 2.75) is 0 Å². The maximum absolute atomic E-state index is 11.8. The Balaban J connectivity index is 2.25. The summed E-state index contributed by atoms with van der Waals surface area (Å²) in [4.78, 5) is 11.8. The fourth-order valence-electron chi connectivity index (χ4n) is 1.28. The minimum absolute atomic E-state index is 0.233. The molecule has 0 unspecified atom stereocenters. The number of nitrogens with one attached hydrogen (secondary N) is 1. The van der Waals surface area contributed by atoms with E-state index in [1.807, 2.05) is 11.4 Å². The number of thiophene rings is 1. The van der Waals surface area contributed by atoms with Crippen molar-refractivity contribution in [1.82, 2.24) is 0 Å². The van der Waals surface area contributed by atoms with Gasteiger partial charge in [-0.25, -0.2) is 0 Å². The zero-order valence-electron chi connectivity index (χ0n) is 8.61. The third-order valence-corrected chi connectivity index (χ3v) is 3.14. The van der Waals surface area contributed by atoms with E-state index in [1.165, 1.54) is 11.3 Å². The summed E-state index contributed by atoms with van der Waals surface area (Å²) in [6.45, 7) is 0. The minimum atomic E-state index is -0.233. The van der Waals surface area contributed by atoms with E-state index in [0.717, 1.165) is 0 Å². The lowest BCUT2D eigenvalue weighted by molar-refractivity contribution is 0.102. The van der Waals surface area contributed by atoms with Gasteiger partial charge in [0.15, 0.2) is 0 Å². The van der Waals surface area contributed by atoms with Crippen LogP contribution < -0.4 is 5.32 Å². The first-order valence-electron chi connectivity index (χ1n) is 4.74. The molecule has 0 aliphatic rings. The van der Waals surface area contributed by atoms with Crippen LogP contribution in [0.1, 0.15) is 15.9 Å². The molecule has 1 N–H and O–H groups in total. The van der Waals surface area contributed by atoms with Gasteiger partial charge in [-0.3, -0.25) is 4.79 Å². The van der Waals surface area contributed by atoms with Gasteiger partial charge in [0, 0.05) is 5.38 Å². The van der Waals surface area contributed by atoms with Crippen molar-refractivity contribution in [2.24, 2.45) is 0 Å². The molecule has 1 aromatic heterocycles. The Morgan fingerprint density at radius 3 is 2.88 bits per heavy atom. The number of hydrogen-bond acceptors (Lipinski definition) is 3. The Hall–Kier alpha value is -1.83. The molecule has 0 saturated heterocycles. The van der Waals surface area contributed by atoms with Crippen molar-refractivity contribution in [1.29, 1.82) is 5.26 Å². The Labute approximate surface area is 107 Å². The second kappa shape index (κ2) is 5.00. The van der Waals surface area contributed by atoms with Gasteiger partial charge in [-0.15, -0.1) is 0 Å². The van der Waals surface area contributed by atoms with Crippen LogP contribution in [0.15, 0.2) is 35.0 Å². The highest BCUT2D eigenvalue weighted by molar-refractivity contribution is 7.08. The third-order valence-electron chi connectivity index (χ3n) is 2.13. The summed E-state index contributed by atoms with van der Waals surface area (Å²) in [5, 5.41) is 15.4. The highest BCUT2D eigenvalue weighted by Gasteiger charge is 2.09. The predicted octanol–water partition coefficient (Wildman–Crippen LogP) is 3.53. The van der Waals surface area contributed by atoms with E-state index in [-0.39, 0.29) is 5.91 Å². The van der Waals surface area contributed by atoms with Crippen molar-refractivity contribution in [3.63, 3.8) is 0 Å². The number of carbonyl (C=O) groups excluding carboxylic acids is 1. The van der Waals surface area contributed by atoms with Crippen molar-refractivity contribution >= 4 is 34.5 Å². The van der Waals surface area contributed by atoms with Crippen LogP contribution >= 0.6 is 22.9 Å². The van der Waals surface area contributed by atoms with Crippen LogP contribution in [0.25, 0.3) is 0 Å². The molecular formula is C12H7ClN2OS. The standard InChI is InChI=1S/C12H7ClN2OS/c13-10-2-1-8(6-14)5-11(10)15-12(16)9-3-4-17-7-9/h1-5,7H,(H,15,16). The van der Waals surface area contributed by atoms with E-state index in [0.29, 0.717) is 21.8 Å². The Morgan fingerprint density at radius 2 is 2.24 bits per heavy atom. The number of benzene rings is 1. The molecular weight excluding hydrogens is 256 g/mol. The van der Waals surface area contributed by atoms with Crippen LogP contribution in [0.4, 0.5) is 5.69 Å². The van der Waals surface area contributed by atoms with Crippen molar-refractivity contribution < 1.29 is 4.79 Å². The molecule has 0 radical (unpaired) electrons. The van der Waals surface area contributed by atoms with Gasteiger partial charge >= 0.3 is 0 Å². The van der Waals surface area contributed by atoms with Crippen LogP contribution in [0.2, 0.25) is 5.02 Å². The maximum Gasteiger partial charge on any atom is 0.256 e. The van der Waals surface area contributed by atoms with Gasteiger partial charge in [-0.05, 0) is 29.6 Å². The molecule has 1 aromatic carbocycles. The number of halogens is 1. The van der Waals surface area contributed by atoms with E-state index in [1.54, 1.807) is 29.6 Å². The molecule has 2 rings (SSSR count). The van der Waals surface area contributed by atoms with Crippen molar-refractivity contribution in [3.05, 3.63) is 51.2 Å². The molecule has 0 aliphatic heterocycles. The molecule has 5 heteroatoms. The monoisotopic (exact) mass is 262 g/mol. The van der Waals surface area contributed by atoms with Crippen LogP contribution in [-0.2, 0) is 0 Å². The van der Waals surface area contributed by atoms with Gasteiger partial charge in [-0.1, -0.05) is 11.6 Å². The zero-order chi connectivity index (χ0) is 12.3. The quantitative estimate of drug-likeness (QED) is 0.900. The van der Waals surface area contributed by atoms with Crippen molar-refractivity contribution in [2.75, 3.05) is 5.32 Å². The lowest BCUT2D eigenvalue weighted by Gasteiger charge is -2.06. The molecule has 0 fully saturated rings. The van der Waals surface area contributed by atoms with Crippen LogP contribution in [0.3, 0.4) is 0 Å². The summed E-state index contributed by atoms with van der Waals surface area (Å²) in [5.41, 5.74) is 1.48. The zero-order valence-corrected chi connectivity index (χ0v) is 10.2. The molecule has 0 atom stereocenters. The van der Waals surface area contributed by atoms with E-state index < -0.39 is 0 Å². The first-order chi connectivity index (χ1) is 8.20. The number of nitriles is 1. The lowest BCUT2D eigenvalue weighted by atomic mass is 10.2. The number of hydrogen-bond donors (Lipinski definition) is 1. The topological polar surface area (TPSA) is 52.9 Å². The highest BCUT2D eigenvalue weighted by Crippen LogP contribution is 2.23. The summed E-state index contributed by atoms with van der Waals surface area (Å²) < 4.78 is 0. The number of amides is 1. The molecule has 0 bridgehead atoms. The Kier molecular flexibility index (Phi) is 3.43. The molecule has 3 nitrogen and oxygen atoms in total. The van der Waals surface area contributed by atoms with Crippen LogP contribution in [-0.4, -0.2) is 5.91 Å². The maximum atomic E-state index is 11.8. The highest BCUT2D eigenvalue weighted by atomic mass is 35.5. The molecule has 17 heavy (non-hydrogen) atoms. The van der Waals surface area contributed by atoms with Crippen LogP contribution in [0.5, 0.6) is 0 Å². The van der Waals surface area contributed by atoms with Gasteiger partial charge < -0.3 is 5.32 Å². The van der Waals surface area contributed by atoms with Crippen molar-refractivity contribution in [3.8, 4) is 6.07 Å². The van der Waals surface area contributed by atoms with E-state index in [4.69, 9.17) is 16.9 Å². The average molecular weight is 263 g/mol. The number of carbonyl (C=O) groups is 1. The summed E-state index contributed by atoms with van der Waals surface area (Å²) >= 11 is 7.38. The van der Waals surface area contributed by atoms with E-state index >= 15 is 0 Å². The minimum Gasteiger partial charge on any atom is -0.321 e. The summed E-state index contributed by atoms with van der Waals surface area (Å²) in [6, 6.07) is 8.45. The van der Waals surface area contributed by atoms with Gasteiger partial charge in [0.2, 0.25) is 0 Å². The molecule has 1 amide bonds. The summed E-state index contributed by atoms with van der Waals surface area (Å²) in [6.07, 6.45) is 0. The second-order valence-corrected chi connectivity index (χ2v) is 4.46. The molecule has 2 aromatic rings. The fraction of sp³-hybridized carbons (Fsp3) is 0. The normalized spacial score (nSPS) is 9.65. The number of anilines is 1. The second-order valence-electron chi connectivity index (χ2n) is 3.27. The molecule has 0 saturated carbocycles. The van der Waals surface area contributed by atoms with Gasteiger partial charge in [0.05, 0.1) is 27.9 Å². The largest absolute Gasteiger partial charge is 0.321 e. The molecule has 1 heterocycles. The predicted molar refractivity (Wildman–Crippen MR) is 68.4 cm³/mol. The van der Waals surface area contributed by atoms with Gasteiger partial charge in [-0.2, -0.15) is 16.6 Å². The van der Waals surface area contributed by atoms with Crippen LogP contribution in [0, 0.1) is 11.3 Å². The fourth-order valence-corrected chi connectivity index (χ4v) is 2.08. The lowest BCUT2D eigenvalue weighted by Crippen LogP contribution is -2.11. The summed E-state index contributed by atoms with van der Waals surface area (Å²) in [5.74, 6) is -0.233. The van der Waals surface area contributed by atoms with E-state index in [2.05, 4.69) is 5.32 Å². The first-order valence-corrected chi connectivity index (χ1v) is 6.06.